The van der Waals surface area contributed by atoms with Crippen molar-refractivity contribution in [2.45, 2.75) is 43.7 Å². The molecule has 3 nitrogen and oxygen atoms in total. The largest absolute Gasteiger partial charge is 0.381 e. The lowest BCUT2D eigenvalue weighted by molar-refractivity contribution is -0.140. The monoisotopic (exact) mass is 293 g/mol. The molecule has 2 saturated heterocycles. The number of rotatable bonds is 4. The second-order valence-electron chi connectivity index (χ2n) is 6.16. The molecule has 0 radical (unpaired) electrons. The Balaban J connectivity index is 1.45. The summed E-state index contributed by atoms with van der Waals surface area (Å²) in [5.41, 5.74) is 1.22. The van der Waals surface area contributed by atoms with Crippen molar-refractivity contribution in [3.63, 3.8) is 0 Å². The molecule has 3 rings (SSSR count). The van der Waals surface area contributed by atoms with Gasteiger partial charge in [0, 0.05) is 25.9 Å². The van der Waals surface area contributed by atoms with E-state index >= 15 is 0 Å². The second kappa shape index (κ2) is 6.86. The fourth-order valence-corrected chi connectivity index (χ4v) is 3.37. The Labute approximate surface area is 125 Å². The number of halogens is 1. The van der Waals surface area contributed by atoms with Crippen molar-refractivity contribution < 1.29 is 13.9 Å². The van der Waals surface area contributed by atoms with Gasteiger partial charge >= 0.3 is 0 Å². The topological polar surface area (TPSA) is 30.5 Å². The summed E-state index contributed by atoms with van der Waals surface area (Å²) in [7, 11) is 0. The Morgan fingerprint density at radius 2 is 1.90 bits per heavy atom. The summed E-state index contributed by atoms with van der Waals surface area (Å²) in [6, 6.07) is 7.31. The number of hydrogen-bond donors (Lipinski definition) is 1. The van der Waals surface area contributed by atoms with Crippen molar-refractivity contribution in [1.82, 2.24) is 5.32 Å². The van der Waals surface area contributed by atoms with E-state index in [0.29, 0.717) is 6.04 Å². The van der Waals surface area contributed by atoms with Gasteiger partial charge in [-0.1, -0.05) is 12.1 Å². The van der Waals surface area contributed by atoms with E-state index in [0.717, 1.165) is 58.5 Å². The minimum Gasteiger partial charge on any atom is -0.381 e. The summed E-state index contributed by atoms with van der Waals surface area (Å²) in [5.74, 6) is -0.169. The van der Waals surface area contributed by atoms with Crippen molar-refractivity contribution in [2.24, 2.45) is 0 Å². The normalized spacial score (nSPS) is 25.1. The third-order valence-electron chi connectivity index (χ3n) is 4.66. The van der Waals surface area contributed by atoms with E-state index in [-0.39, 0.29) is 11.4 Å². The van der Waals surface area contributed by atoms with Gasteiger partial charge in [0.05, 0.1) is 5.60 Å². The standard InChI is InChI=1S/C17H24FNO2/c18-15-3-1-14(2-4-15)5-9-19-16-6-10-21-17(13-16)7-11-20-12-8-17/h1-4,16,19H,5-13H2. The molecule has 2 aliphatic heterocycles. The Bertz CT molecular complexity index is 437. The predicted octanol–water partition coefficient (Wildman–Crippen LogP) is 2.69. The molecule has 4 heteroatoms. The third kappa shape index (κ3) is 4.02. The Morgan fingerprint density at radius 1 is 1.14 bits per heavy atom. The summed E-state index contributed by atoms with van der Waals surface area (Å²) in [5, 5.41) is 3.64. The maximum absolute atomic E-state index is 12.9. The highest BCUT2D eigenvalue weighted by atomic mass is 19.1. The molecule has 21 heavy (non-hydrogen) atoms. The summed E-state index contributed by atoms with van der Waals surface area (Å²) < 4.78 is 24.4. The highest BCUT2D eigenvalue weighted by molar-refractivity contribution is 5.16. The molecule has 1 unspecified atom stereocenters. The van der Waals surface area contributed by atoms with Gasteiger partial charge in [-0.05, 0) is 56.3 Å². The van der Waals surface area contributed by atoms with Crippen molar-refractivity contribution in [3.05, 3.63) is 35.6 Å². The molecular weight excluding hydrogens is 269 g/mol. The highest BCUT2D eigenvalue weighted by Gasteiger charge is 2.38. The molecule has 0 bridgehead atoms. The van der Waals surface area contributed by atoms with Crippen LogP contribution in [0.1, 0.15) is 31.2 Å². The molecule has 2 heterocycles. The molecule has 0 saturated carbocycles. The van der Waals surface area contributed by atoms with Gasteiger partial charge in [0.25, 0.3) is 0 Å². The average Bonchev–Trinajstić information content (AvgIpc) is 2.50. The predicted molar refractivity (Wildman–Crippen MR) is 79.9 cm³/mol. The summed E-state index contributed by atoms with van der Waals surface area (Å²) in [6.45, 7) is 3.42. The zero-order chi connectivity index (χ0) is 14.5. The van der Waals surface area contributed by atoms with Crippen LogP contribution in [0.15, 0.2) is 24.3 Å². The van der Waals surface area contributed by atoms with Crippen molar-refractivity contribution in [1.29, 1.82) is 0 Å². The molecule has 2 fully saturated rings. The van der Waals surface area contributed by atoms with Gasteiger partial charge in [0.15, 0.2) is 0 Å². The molecule has 0 aromatic heterocycles. The van der Waals surface area contributed by atoms with Crippen LogP contribution in [0.3, 0.4) is 0 Å². The zero-order valence-corrected chi connectivity index (χ0v) is 12.4. The number of hydrogen-bond acceptors (Lipinski definition) is 3. The van der Waals surface area contributed by atoms with Crippen LogP contribution in [-0.2, 0) is 15.9 Å². The molecule has 1 spiro atoms. The Hall–Kier alpha value is -0.970. The quantitative estimate of drug-likeness (QED) is 0.926. The fraction of sp³-hybridized carbons (Fsp3) is 0.647. The molecule has 1 aromatic carbocycles. The molecule has 1 N–H and O–H groups in total. The molecule has 0 aliphatic carbocycles. The molecule has 1 aromatic rings. The summed E-state index contributed by atoms with van der Waals surface area (Å²) >= 11 is 0. The van der Waals surface area contributed by atoms with Crippen LogP contribution in [-0.4, -0.2) is 38.0 Å². The second-order valence-corrected chi connectivity index (χ2v) is 6.16. The van der Waals surface area contributed by atoms with Gasteiger partial charge in [-0.2, -0.15) is 0 Å². The van der Waals surface area contributed by atoms with Crippen LogP contribution in [0.25, 0.3) is 0 Å². The maximum Gasteiger partial charge on any atom is 0.123 e. The van der Waals surface area contributed by atoms with Crippen LogP contribution >= 0.6 is 0 Å². The van der Waals surface area contributed by atoms with Crippen LogP contribution in [0.4, 0.5) is 4.39 Å². The minimum atomic E-state index is -0.169. The van der Waals surface area contributed by atoms with Crippen molar-refractivity contribution in [3.8, 4) is 0 Å². The van der Waals surface area contributed by atoms with E-state index in [1.54, 1.807) is 0 Å². The molecular formula is C17H24FNO2. The summed E-state index contributed by atoms with van der Waals surface area (Å²) in [4.78, 5) is 0. The third-order valence-corrected chi connectivity index (χ3v) is 4.66. The molecule has 1 atom stereocenters. The van der Waals surface area contributed by atoms with E-state index in [9.17, 15) is 4.39 Å². The van der Waals surface area contributed by atoms with Crippen LogP contribution in [0.2, 0.25) is 0 Å². The van der Waals surface area contributed by atoms with E-state index < -0.39 is 0 Å². The SMILES string of the molecule is Fc1ccc(CCNC2CCOC3(CCOCC3)C2)cc1. The van der Waals surface area contributed by atoms with Gasteiger partial charge in [-0.25, -0.2) is 4.39 Å². The maximum atomic E-state index is 12.9. The highest BCUT2D eigenvalue weighted by Crippen LogP contribution is 2.34. The Kier molecular flexibility index (Phi) is 4.88. The van der Waals surface area contributed by atoms with E-state index in [1.165, 1.54) is 17.7 Å². The Morgan fingerprint density at radius 3 is 2.67 bits per heavy atom. The van der Waals surface area contributed by atoms with Crippen LogP contribution in [0.5, 0.6) is 0 Å². The first-order valence-electron chi connectivity index (χ1n) is 7.95. The van der Waals surface area contributed by atoms with Crippen LogP contribution < -0.4 is 5.32 Å². The average molecular weight is 293 g/mol. The molecule has 116 valence electrons. The first-order chi connectivity index (χ1) is 10.3. The molecule has 0 amide bonds. The zero-order valence-electron chi connectivity index (χ0n) is 12.4. The minimum absolute atomic E-state index is 0.0457. The molecule has 2 aliphatic rings. The lowest BCUT2D eigenvalue weighted by Crippen LogP contribution is -2.50. The lowest BCUT2D eigenvalue weighted by Gasteiger charge is -2.43. The van der Waals surface area contributed by atoms with Crippen molar-refractivity contribution >= 4 is 0 Å². The first-order valence-corrected chi connectivity index (χ1v) is 7.95. The summed E-state index contributed by atoms with van der Waals surface area (Å²) in [6.07, 6.45) is 5.13. The number of nitrogens with one attached hydrogen (secondary N) is 1. The van der Waals surface area contributed by atoms with E-state index in [4.69, 9.17) is 9.47 Å². The first kappa shape index (κ1) is 14.9. The lowest BCUT2D eigenvalue weighted by atomic mass is 9.84. The van der Waals surface area contributed by atoms with Crippen molar-refractivity contribution in [2.75, 3.05) is 26.4 Å². The van der Waals surface area contributed by atoms with Gasteiger partial charge in [-0.15, -0.1) is 0 Å². The van der Waals surface area contributed by atoms with Gasteiger partial charge < -0.3 is 14.8 Å². The van der Waals surface area contributed by atoms with Gasteiger partial charge in [0.2, 0.25) is 0 Å². The van der Waals surface area contributed by atoms with Gasteiger partial charge in [-0.3, -0.25) is 0 Å². The smallest absolute Gasteiger partial charge is 0.123 e. The van der Waals surface area contributed by atoms with E-state index in [2.05, 4.69) is 5.32 Å². The van der Waals surface area contributed by atoms with Crippen LogP contribution in [0, 0.1) is 5.82 Å². The number of ether oxygens (including phenoxy) is 2. The number of benzene rings is 1. The fourth-order valence-electron chi connectivity index (χ4n) is 3.37. The van der Waals surface area contributed by atoms with E-state index in [1.807, 2.05) is 12.1 Å². The van der Waals surface area contributed by atoms with Gasteiger partial charge in [0.1, 0.15) is 5.82 Å².